The number of rotatable bonds is 3. The molecule has 0 unspecified atom stereocenters. The van der Waals surface area contributed by atoms with E-state index in [1.54, 1.807) is 0 Å². The Bertz CT molecular complexity index is 725. The molecule has 20 heavy (non-hydrogen) atoms. The first-order valence-corrected chi connectivity index (χ1v) is 7.06. The Morgan fingerprint density at radius 2 is 1.70 bits per heavy atom. The summed E-state index contributed by atoms with van der Waals surface area (Å²) < 4.78 is 0. The van der Waals surface area contributed by atoms with E-state index < -0.39 is 0 Å². The predicted octanol–water partition coefficient (Wildman–Crippen LogP) is 4.74. The molecular weight excluding hydrogens is 268 g/mol. The van der Waals surface area contributed by atoms with E-state index in [9.17, 15) is 0 Å². The normalized spacial score (nSPS) is 10.7. The van der Waals surface area contributed by atoms with Crippen molar-refractivity contribution in [3.63, 3.8) is 0 Å². The number of aromatic nitrogens is 1. The summed E-state index contributed by atoms with van der Waals surface area (Å²) in [5, 5.41) is 1.12. The number of fused-ring (bicyclic) bond motifs is 1. The fourth-order valence-electron chi connectivity index (χ4n) is 2.30. The van der Waals surface area contributed by atoms with Crippen LogP contribution in [-0.2, 0) is 5.88 Å². The van der Waals surface area contributed by atoms with Gasteiger partial charge in [-0.1, -0.05) is 36.4 Å². The van der Waals surface area contributed by atoms with Gasteiger partial charge in [0.05, 0.1) is 5.52 Å². The highest BCUT2D eigenvalue weighted by Gasteiger charge is 2.09. The SMILES string of the molecule is CN(c1ccccc1)c1cc(CCl)c2ccccc2n1. The Morgan fingerprint density at radius 3 is 2.45 bits per heavy atom. The Morgan fingerprint density at radius 1 is 1.00 bits per heavy atom. The summed E-state index contributed by atoms with van der Waals surface area (Å²) in [6.07, 6.45) is 0. The van der Waals surface area contributed by atoms with E-state index in [2.05, 4.69) is 29.2 Å². The maximum absolute atomic E-state index is 6.08. The average molecular weight is 283 g/mol. The van der Waals surface area contributed by atoms with Crippen LogP contribution in [0.5, 0.6) is 0 Å². The van der Waals surface area contributed by atoms with E-state index in [4.69, 9.17) is 16.6 Å². The van der Waals surface area contributed by atoms with Crippen molar-refractivity contribution < 1.29 is 0 Å². The molecule has 3 rings (SSSR count). The molecule has 1 aromatic heterocycles. The maximum atomic E-state index is 6.08. The topological polar surface area (TPSA) is 16.1 Å². The number of alkyl halides is 1. The number of nitrogens with zero attached hydrogens (tertiary/aromatic N) is 2. The second-order valence-corrected chi connectivity index (χ2v) is 4.95. The molecular formula is C17H15ClN2. The first-order valence-electron chi connectivity index (χ1n) is 6.53. The zero-order valence-electron chi connectivity index (χ0n) is 11.3. The monoisotopic (exact) mass is 282 g/mol. The van der Waals surface area contributed by atoms with Gasteiger partial charge < -0.3 is 4.90 Å². The highest BCUT2D eigenvalue weighted by Crippen LogP contribution is 2.27. The van der Waals surface area contributed by atoms with Crippen molar-refractivity contribution in [2.45, 2.75) is 5.88 Å². The van der Waals surface area contributed by atoms with Gasteiger partial charge in [-0.15, -0.1) is 11.6 Å². The van der Waals surface area contributed by atoms with Crippen LogP contribution in [0.15, 0.2) is 60.7 Å². The van der Waals surface area contributed by atoms with Gasteiger partial charge in [-0.25, -0.2) is 4.98 Å². The van der Waals surface area contributed by atoms with Crippen LogP contribution in [0.25, 0.3) is 10.9 Å². The van der Waals surface area contributed by atoms with Gasteiger partial charge >= 0.3 is 0 Å². The lowest BCUT2D eigenvalue weighted by atomic mass is 10.1. The average Bonchev–Trinajstić information content (AvgIpc) is 2.54. The van der Waals surface area contributed by atoms with E-state index in [1.807, 2.05) is 43.4 Å². The quantitative estimate of drug-likeness (QED) is 0.645. The molecule has 0 amide bonds. The van der Waals surface area contributed by atoms with Crippen molar-refractivity contribution >= 4 is 34.0 Å². The minimum Gasteiger partial charge on any atom is -0.329 e. The van der Waals surface area contributed by atoms with Crippen LogP contribution < -0.4 is 4.90 Å². The van der Waals surface area contributed by atoms with Crippen molar-refractivity contribution in [2.75, 3.05) is 11.9 Å². The van der Waals surface area contributed by atoms with Crippen LogP contribution >= 0.6 is 11.6 Å². The van der Waals surface area contributed by atoms with Gasteiger partial charge in [-0.05, 0) is 29.8 Å². The lowest BCUT2D eigenvalue weighted by Gasteiger charge is -2.19. The first kappa shape index (κ1) is 12.9. The summed E-state index contributed by atoms with van der Waals surface area (Å²) in [4.78, 5) is 6.80. The largest absolute Gasteiger partial charge is 0.329 e. The zero-order chi connectivity index (χ0) is 13.9. The van der Waals surface area contributed by atoms with Crippen molar-refractivity contribution in [3.05, 3.63) is 66.2 Å². The molecule has 3 aromatic rings. The van der Waals surface area contributed by atoms with E-state index in [0.717, 1.165) is 28.0 Å². The van der Waals surface area contributed by atoms with Crippen LogP contribution in [0.4, 0.5) is 11.5 Å². The Labute approximate surface area is 123 Å². The number of para-hydroxylation sites is 2. The molecule has 1 heterocycles. The van der Waals surface area contributed by atoms with Crippen LogP contribution in [0.2, 0.25) is 0 Å². The van der Waals surface area contributed by atoms with Gasteiger partial charge in [0.1, 0.15) is 5.82 Å². The van der Waals surface area contributed by atoms with E-state index in [1.165, 1.54) is 0 Å². The smallest absolute Gasteiger partial charge is 0.133 e. The fourth-order valence-corrected chi connectivity index (χ4v) is 2.52. The van der Waals surface area contributed by atoms with Crippen LogP contribution in [0.3, 0.4) is 0 Å². The number of benzene rings is 2. The molecule has 3 heteroatoms. The van der Waals surface area contributed by atoms with E-state index in [0.29, 0.717) is 5.88 Å². The predicted molar refractivity (Wildman–Crippen MR) is 85.8 cm³/mol. The summed E-state index contributed by atoms with van der Waals surface area (Å²) in [6, 6.07) is 20.3. The molecule has 100 valence electrons. The summed E-state index contributed by atoms with van der Waals surface area (Å²) in [5.74, 6) is 1.39. The molecule has 0 aliphatic rings. The molecule has 0 radical (unpaired) electrons. The van der Waals surface area contributed by atoms with Crippen molar-refractivity contribution in [1.29, 1.82) is 0 Å². The summed E-state index contributed by atoms with van der Waals surface area (Å²) in [6.45, 7) is 0. The molecule has 0 saturated heterocycles. The second-order valence-electron chi connectivity index (χ2n) is 4.68. The van der Waals surface area contributed by atoms with Crippen molar-refractivity contribution in [3.8, 4) is 0 Å². The molecule has 0 bridgehead atoms. The van der Waals surface area contributed by atoms with E-state index >= 15 is 0 Å². The molecule has 0 N–H and O–H groups in total. The maximum Gasteiger partial charge on any atom is 0.133 e. The van der Waals surface area contributed by atoms with Crippen LogP contribution in [0.1, 0.15) is 5.56 Å². The van der Waals surface area contributed by atoms with Crippen molar-refractivity contribution in [1.82, 2.24) is 4.98 Å². The molecule has 0 atom stereocenters. The first-order chi connectivity index (χ1) is 9.79. The third-order valence-corrected chi connectivity index (χ3v) is 3.71. The number of hydrogen-bond donors (Lipinski definition) is 0. The summed E-state index contributed by atoms with van der Waals surface area (Å²) in [5.41, 5.74) is 3.19. The number of anilines is 2. The molecule has 0 spiro atoms. The Balaban J connectivity index is 2.12. The minimum atomic E-state index is 0.485. The summed E-state index contributed by atoms with van der Waals surface area (Å²) in [7, 11) is 2.02. The number of halogens is 1. The molecule has 0 aliphatic heterocycles. The van der Waals surface area contributed by atoms with Gasteiger partial charge in [-0.2, -0.15) is 0 Å². The highest BCUT2D eigenvalue weighted by molar-refractivity contribution is 6.18. The minimum absolute atomic E-state index is 0.485. The third kappa shape index (κ3) is 2.35. The number of pyridine rings is 1. The molecule has 2 aromatic carbocycles. The summed E-state index contributed by atoms with van der Waals surface area (Å²) >= 11 is 6.08. The van der Waals surface area contributed by atoms with E-state index in [-0.39, 0.29) is 0 Å². The Kier molecular flexibility index (Phi) is 3.57. The zero-order valence-corrected chi connectivity index (χ0v) is 12.0. The van der Waals surface area contributed by atoms with Gasteiger partial charge in [0, 0.05) is 24.0 Å². The van der Waals surface area contributed by atoms with Gasteiger partial charge in [0.2, 0.25) is 0 Å². The second kappa shape index (κ2) is 5.51. The standard InChI is InChI=1S/C17H15ClN2/c1-20(14-7-3-2-4-8-14)17-11-13(12-18)15-9-5-6-10-16(15)19-17/h2-11H,12H2,1H3. The lowest BCUT2D eigenvalue weighted by molar-refractivity contribution is 1.14. The van der Waals surface area contributed by atoms with Crippen molar-refractivity contribution in [2.24, 2.45) is 0 Å². The molecule has 0 saturated carbocycles. The molecule has 0 fully saturated rings. The van der Waals surface area contributed by atoms with Crippen LogP contribution in [0, 0.1) is 0 Å². The molecule has 0 aliphatic carbocycles. The number of hydrogen-bond acceptors (Lipinski definition) is 2. The molecule has 2 nitrogen and oxygen atoms in total. The Hall–Kier alpha value is -2.06. The van der Waals surface area contributed by atoms with Gasteiger partial charge in [-0.3, -0.25) is 0 Å². The lowest BCUT2D eigenvalue weighted by Crippen LogP contribution is -2.11. The van der Waals surface area contributed by atoms with Crippen LogP contribution in [-0.4, -0.2) is 12.0 Å². The third-order valence-electron chi connectivity index (χ3n) is 3.42. The fraction of sp³-hybridized carbons (Fsp3) is 0.118. The van der Waals surface area contributed by atoms with Gasteiger partial charge in [0.25, 0.3) is 0 Å². The van der Waals surface area contributed by atoms with Gasteiger partial charge in [0.15, 0.2) is 0 Å². The highest BCUT2D eigenvalue weighted by atomic mass is 35.5.